The van der Waals surface area contributed by atoms with Crippen molar-refractivity contribution in [2.24, 2.45) is 5.92 Å². The van der Waals surface area contributed by atoms with Crippen LogP contribution in [-0.2, 0) is 53.2 Å². The summed E-state index contributed by atoms with van der Waals surface area (Å²) in [5, 5.41) is 9.00. The number of amides is 3. The van der Waals surface area contributed by atoms with Crippen molar-refractivity contribution in [3.05, 3.63) is 67.8 Å². The van der Waals surface area contributed by atoms with Crippen molar-refractivity contribution in [1.82, 2.24) is 16.0 Å². The van der Waals surface area contributed by atoms with Crippen LogP contribution in [0.15, 0.2) is 62.2 Å². The zero-order valence-corrected chi connectivity index (χ0v) is 48.1. The molecule has 3 amide bonds. The zero-order valence-electron chi connectivity index (χ0n) is 47.2. The number of hydrogen-bond donors (Lipinski definition) is 3. The summed E-state index contributed by atoms with van der Waals surface area (Å²) in [7, 11) is -4.28. The molecule has 0 saturated carbocycles. The van der Waals surface area contributed by atoms with Crippen LogP contribution in [0.4, 0.5) is 0 Å². The molecule has 0 aliphatic rings. The Kier molecular flexibility index (Phi) is 44.8. The molecule has 2 unspecified atom stereocenters. The number of nitrogens with one attached hydrogen (secondary N) is 3. The molecular formula is C60H104N3O11P. The molecule has 1 aromatic carbocycles. The Morgan fingerprint density at radius 1 is 0.547 bits per heavy atom. The normalized spacial score (nSPS) is 13.2. The van der Waals surface area contributed by atoms with Gasteiger partial charge >= 0.3 is 13.8 Å². The van der Waals surface area contributed by atoms with Gasteiger partial charge in [0.15, 0.2) is 0 Å². The molecule has 0 bridgehead atoms. The number of unbranched alkanes of at least 4 members (excludes halogenated alkanes) is 22. The van der Waals surface area contributed by atoms with Gasteiger partial charge in [-0.1, -0.05) is 212 Å². The molecule has 0 aromatic heterocycles. The fraction of sp³-hybridized carbons (Fsp3) is 0.733. The molecule has 1 aromatic rings. The maximum absolute atomic E-state index is 14.0. The summed E-state index contributed by atoms with van der Waals surface area (Å²) in [5.41, 5.74) is 0.706. The second kappa shape index (κ2) is 48.6. The van der Waals surface area contributed by atoms with E-state index in [2.05, 4.69) is 56.5 Å². The summed E-state index contributed by atoms with van der Waals surface area (Å²) >= 11 is 0. The van der Waals surface area contributed by atoms with E-state index in [0.29, 0.717) is 43.8 Å². The molecule has 1 rings (SSSR count). The van der Waals surface area contributed by atoms with Gasteiger partial charge in [0, 0.05) is 32.0 Å². The van der Waals surface area contributed by atoms with Gasteiger partial charge in [-0.3, -0.25) is 32.7 Å². The summed E-state index contributed by atoms with van der Waals surface area (Å²) in [6.45, 7) is 17.4. The first-order valence-corrected chi connectivity index (χ1v) is 30.7. The maximum atomic E-state index is 14.0. The minimum absolute atomic E-state index is 0.0356. The van der Waals surface area contributed by atoms with E-state index >= 15 is 0 Å². The lowest BCUT2D eigenvalue weighted by atomic mass is 9.98. The molecule has 0 heterocycles. The van der Waals surface area contributed by atoms with E-state index < -0.39 is 31.7 Å². The summed E-state index contributed by atoms with van der Waals surface area (Å²) < 4.78 is 48.1. The predicted molar refractivity (Wildman–Crippen MR) is 305 cm³/mol. The lowest BCUT2D eigenvalue weighted by Gasteiger charge is -2.24. The van der Waals surface area contributed by atoms with Crippen LogP contribution < -0.4 is 20.7 Å². The number of esters is 1. The van der Waals surface area contributed by atoms with Crippen molar-refractivity contribution in [3.63, 3.8) is 0 Å². The molecule has 4 atom stereocenters. The van der Waals surface area contributed by atoms with Gasteiger partial charge in [0.1, 0.15) is 24.9 Å². The second-order valence-corrected chi connectivity index (χ2v) is 21.5. The monoisotopic (exact) mass is 1070 g/mol. The van der Waals surface area contributed by atoms with E-state index in [0.717, 1.165) is 70.6 Å². The highest BCUT2D eigenvalue weighted by Gasteiger charge is 2.31. The molecule has 0 radical (unpaired) electrons. The molecule has 430 valence electrons. The number of phosphoric ester groups is 1. The average molecular weight is 1070 g/mol. The minimum atomic E-state index is -4.28. The minimum Gasteiger partial charge on any atom is -0.490 e. The van der Waals surface area contributed by atoms with Crippen molar-refractivity contribution < 1.29 is 51.5 Å². The molecule has 75 heavy (non-hydrogen) atoms. The third kappa shape index (κ3) is 39.2. The highest BCUT2D eigenvalue weighted by atomic mass is 31.2. The van der Waals surface area contributed by atoms with Gasteiger partial charge in [-0.05, 0) is 49.8 Å². The fourth-order valence-electron chi connectivity index (χ4n) is 8.54. The van der Waals surface area contributed by atoms with Crippen molar-refractivity contribution in [1.29, 1.82) is 0 Å². The largest absolute Gasteiger partial charge is 0.490 e. The van der Waals surface area contributed by atoms with Crippen LogP contribution in [0, 0.1) is 5.92 Å². The van der Waals surface area contributed by atoms with Gasteiger partial charge in [0.25, 0.3) is 0 Å². The number of carbonyl (C=O) groups is 4. The van der Waals surface area contributed by atoms with Crippen molar-refractivity contribution >= 4 is 31.5 Å². The Morgan fingerprint density at radius 3 is 1.56 bits per heavy atom. The van der Waals surface area contributed by atoms with Crippen molar-refractivity contribution in [2.75, 3.05) is 52.8 Å². The first-order chi connectivity index (χ1) is 36.5. The zero-order chi connectivity index (χ0) is 54.9. The van der Waals surface area contributed by atoms with E-state index in [1.807, 2.05) is 0 Å². The smallest absolute Gasteiger partial charge is 0.475 e. The van der Waals surface area contributed by atoms with Gasteiger partial charge < -0.3 is 30.2 Å². The van der Waals surface area contributed by atoms with Crippen LogP contribution in [0.5, 0.6) is 5.75 Å². The SMILES string of the molecule is C=CCOC(=O)C(Cc1ccc(OCC=C)cc1)C(=O)NCCOP(=O)(OCC=C)OC[C@@H](COCC[C@@H](CCCCCCC)NC(=O)CCCCCCCCCCC)NC(=O)CCCCCCCCCCCCC. The number of phosphoric acid groups is 1. The molecule has 15 heteroatoms. The van der Waals surface area contributed by atoms with Gasteiger partial charge in [-0.2, -0.15) is 0 Å². The second-order valence-electron chi connectivity index (χ2n) is 19.8. The van der Waals surface area contributed by atoms with Crippen molar-refractivity contribution in [2.45, 2.75) is 225 Å². The highest BCUT2D eigenvalue weighted by molar-refractivity contribution is 7.48. The molecule has 0 aliphatic heterocycles. The molecule has 14 nitrogen and oxygen atoms in total. The summed E-state index contributed by atoms with van der Waals surface area (Å²) in [6, 6.07) is 6.28. The molecule has 0 saturated heterocycles. The Hall–Kier alpha value is -3.81. The lowest BCUT2D eigenvalue weighted by Crippen LogP contribution is -2.42. The molecule has 0 aliphatic carbocycles. The number of benzene rings is 1. The van der Waals surface area contributed by atoms with Crippen LogP contribution in [0.1, 0.15) is 213 Å². The fourth-order valence-corrected chi connectivity index (χ4v) is 9.73. The molecule has 3 N–H and O–H groups in total. The third-order valence-electron chi connectivity index (χ3n) is 12.9. The number of hydrogen-bond acceptors (Lipinski definition) is 11. The number of rotatable bonds is 54. The quantitative estimate of drug-likeness (QED) is 0.0186. The topological polar surface area (TPSA) is 177 Å². The van der Waals surface area contributed by atoms with Crippen LogP contribution in [0.3, 0.4) is 0 Å². The Balaban J connectivity index is 2.98. The number of ether oxygens (including phenoxy) is 3. The molecule has 0 spiro atoms. The first-order valence-electron chi connectivity index (χ1n) is 29.2. The van der Waals surface area contributed by atoms with E-state index in [1.54, 1.807) is 30.3 Å². The Morgan fingerprint density at radius 2 is 1.04 bits per heavy atom. The first kappa shape index (κ1) is 69.2. The van der Waals surface area contributed by atoms with Gasteiger partial charge in [0.05, 0.1) is 32.5 Å². The Bertz CT molecular complexity index is 1680. The molecular weight excluding hydrogens is 970 g/mol. The van der Waals surface area contributed by atoms with Gasteiger partial charge in [-0.25, -0.2) is 4.57 Å². The Labute approximate surface area is 455 Å². The van der Waals surface area contributed by atoms with Crippen LogP contribution >= 0.6 is 7.82 Å². The van der Waals surface area contributed by atoms with Crippen LogP contribution in [0.25, 0.3) is 0 Å². The number of carbonyl (C=O) groups excluding carboxylic acids is 4. The highest BCUT2D eigenvalue weighted by Crippen LogP contribution is 2.49. The summed E-state index contributed by atoms with van der Waals surface area (Å²) in [5.74, 6) is -2.01. The van der Waals surface area contributed by atoms with E-state index in [4.69, 9.17) is 27.8 Å². The van der Waals surface area contributed by atoms with E-state index in [1.165, 1.54) is 108 Å². The predicted octanol–water partition coefficient (Wildman–Crippen LogP) is 14.0. The van der Waals surface area contributed by atoms with Crippen LogP contribution in [-0.4, -0.2) is 88.6 Å². The lowest BCUT2D eigenvalue weighted by molar-refractivity contribution is -0.151. The standard InChI is InChI=1S/C60H104N3O11P/c1-7-13-16-19-21-23-24-26-28-31-34-37-58(65)63-54(50-69-47-42-53(35-32-29-18-15-9-3)62-57(64)36-33-30-27-25-22-20-17-14-8-2)51-74-75(68,72-46-12-6)73-48-43-61-59(66)56(60(67)71-45-11-5)49-52-38-40-55(41-39-52)70-44-10-4/h10-12,38-41,53-54,56H,4-9,13-37,42-51H2,1-3H3,(H,61,66)(H,62,64)(H,63,65)/t53-,54-,56?,75?/m1/s1. The van der Waals surface area contributed by atoms with Crippen molar-refractivity contribution in [3.8, 4) is 5.75 Å². The van der Waals surface area contributed by atoms with Crippen LogP contribution in [0.2, 0.25) is 0 Å². The molecule has 0 fully saturated rings. The van der Waals surface area contributed by atoms with E-state index in [-0.39, 0.29) is 63.9 Å². The van der Waals surface area contributed by atoms with Gasteiger partial charge in [-0.15, -0.1) is 6.58 Å². The maximum Gasteiger partial charge on any atom is 0.475 e. The average Bonchev–Trinajstić information content (AvgIpc) is 3.41. The van der Waals surface area contributed by atoms with Gasteiger partial charge in [0.2, 0.25) is 17.7 Å². The third-order valence-corrected chi connectivity index (χ3v) is 14.4. The summed E-state index contributed by atoms with van der Waals surface area (Å²) in [4.78, 5) is 53.0. The van der Waals surface area contributed by atoms with E-state index in [9.17, 15) is 23.7 Å². The summed E-state index contributed by atoms with van der Waals surface area (Å²) in [6.07, 6.45) is 36.1.